The molecule has 0 spiro atoms. The van der Waals surface area contributed by atoms with Crippen molar-refractivity contribution >= 4 is 7.94 Å². The zero-order valence-electron chi connectivity index (χ0n) is 14.6. The molecule has 2 aromatic rings. The van der Waals surface area contributed by atoms with Crippen molar-refractivity contribution in [3.63, 3.8) is 0 Å². The van der Waals surface area contributed by atoms with Crippen LogP contribution in [0, 0.1) is 0 Å². The lowest BCUT2D eigenvalue weighted by atomic mass is 10.2. The number of hydrogen-bond donors (Lipinski definition) is 1. The standard InChI is InChI=1S/C19H23O6P/c1-22-26(21)19(20)18(24-13-16-10-6-3-7-11-16)17(14-25-26)23-12-15-8-4-2-5-9-15/h2-11,17-20H,12-14H2,1H3/t17-,18+,19-,26?/m1/s1. The van der Waals surface area contributed by atoms with Gasteiger partial charge in [-0.2, -0.15) is 0 Å². The molecule has 0 aromatic heterocycles. The van der Waals surface area contributed by atoms with E-state index in [-0.39, 0.29) is 13.2 Å². The summed E-state index contributed by atoms with van der Waals surface area (Å²) in [5.74, 6) is -1.41. The lowest BCUT2D eigenvalue weighted by Gasteiger charge is -2.41. The van der Waals surface area contributed by atoms with E-state index in [0.717, 1.165) is 11.1 Å². The van der Waals surface area contributed by atoms with E-state index in [4.69, 9.17) is 18.5 Å². The van der Waals surface area contributed by atoms with Gasteiger partial charge in [-0.15, -0.1) is 0 Å². The maximum atomic E-state index is 12.5. The fourth-order valence-electron chi connectivity index (χ4n) is 2.76. The normalized spacial score (nSPS) is 28.8. The van der Waals surface area contributed by atoms with Gasteiger partial charge in [0.1, 0.15) is 12.7 Å². The lowest BCUT2D eigenvalue weighted by molar-refractivity contribution is -0.253. The Labute approximate surface area is 153 Å². The fourth-order valence-corrected chi connectivity index (χ4v) is 4.23. The highest BCUT2D eigenvalue weighted by Crippen LogP contribution is 2.59. The molecule has 1 heterocycles. The monoisotopic (exact) mass is 378 g/mol. The molecule has 0 saturated carbocycles. The quantitative estimate of drug-likeness (QED) is 0.745. The Hall–Kier alpha value is -1.37. The maximum Gasteiger partial charge on any atom is 0.269 e. The molecule has 0 amide bonds. The predicted molar refractivity (Wildman–Crippen MR) is 95.9 cm³/mol. The summed E-state index contributed by atoms with van der Waals surface area (Å²) in [5, 5.41) is 10.5. The summed E-state index contributed by atoms with van der Waals surface area (Å²) >= 11 is 0. The van der Waals surface area contributed by atoms with E-state index < -0.39 is 26.0 Å². The van der Waals surface area contributed by atoms with Crippen LogP contribution in [0.4, 0.5) is 0 Å². The molecular weight excluding hydrogens is 355 g/mol. The smallest absolute Gasteiger partial charge is 0.269 e. The Kier molecular flexibility index (Phi) is 6.73. The first kappa shape index (κ1) is 19.4. The molecule has 1 fully saturated rings. The summed E-state index contributed by atoms with van der Waals surface area (Å²) in [4.78, 5) is 12.5. The zero-order chi connectivity index (χ0) is 18.4. The second-order valence-electron chi connectivity index (χ2n) is 6.03. The van der Waals surface area contributed by atoms with Crippen LogP contribution in [-0.2, 0) is 31.7 Å². The summed E-state index contributed by atoms with van der Waals surface area (Å²) in [7, 11) is -2.39. The molecule has 7 heteroatoms. The van der Waals surface area contributed by atoms with E-state index in [2.05, 4.69) is 0 Å². The number of hydrogen-bond acceptors (Lipinski definition) is 6. The number of ether oxygens (including phenoxy) is 2. The molecule has 0 aliphatic carbocycles. The predicted octanol–water partition coefficient (Wildman–Crippen LogP) is 2.28. The van der Waals surface area contributed by atoms with Gasteiger partial charge in [0.15, 0.2) is 6.10 Å². The molecule has 140 valence electrons. The van der Waals surface area contributed by atoms with Crippen LogP contribution in [0.5, 0.6) is 0 Å². The van der Waals surface area contributed by atoms with Gasteiger partial charge in [0, 0.05) is 0 Å². The van der Waals surface area contributed by atoms with Crippen molar-refractivity contribution in [3.8, 4) is 0 Å². The third-order valence-electron chi connectivity index (χ3n) is 4.25. The van der Waals surface area contributed by atoms with Crippen LogP contribution in [0.25, 0.3) is 0 Å². The molecule has 1 aliphatic heterocycles. The highest BCUT2D eigenvalue weighted by molar-refractivity contribution is 7.59. The zero-order valence-corrected chi connectivity index (χ0v) is 15.5. The lowest BCUT2D eigenvalue weighted by Crippen LogP contribution is -2.51. The van der Waals surface area contributed by atoms with Crippen LogP contribution in [0.3, 0.4) is 0 Å². The van der Waals surface area contributed by atoms with Crippen molar-refractivity contribution in [2.75, 3.05) is 13.7 Å². The maximum absolute atomic E-state index is 12.5. The molecular formula is C19H23O6P. The summed E-state index contributed by atoms with van der Waals surface area (Å²) < 4.78 is 22.0. The molecule has 3 rings (SSSR count). The molecule has 0 radical (unpaired) electrons. The van der Waals surface area contributed by atoms with E-state index >= 15 is 0 Å². The van der Waals surface area contributed by atoms with Gasteiger partial charge in [-0.1, -0.05) is 60.7 Å². The van der Waals surface area contributed by atoms with Gasteiger partial charge in [0.05, 0.1) is 20.3 Å². The van der Waals surface area contributed by atoms with Gasteiger partial charge < -0.3 is 19.5 Å². The summed E-state index contributed by atoms with van der Waals surface area (Å²) in [5.41, 5.74) is 1.93. The van der Waals surface area contributed by atoms with Crippen molar-refractivity contribution in [1.29, 1.82) is 0 Å². The Morgan fingerprint density at radius 1 is 1.00 bits per heavy atom. The van der Waals surface area contributed by atoms with Crippen LogP contribution < -0.4 is 4.89 Å². The van der Waals surface area contributed by atoms with Gasteiger partial charge in [-0.25, -0.2) is 9.05 Å². The molecule has 0 bridgehead atoms. The highest BCUT2D eigenvalue weighted by atomic mass is 31.2. The molecule has 2 aromatic carbocycles. The topological polar surface area (TPSA) is 80.2 Å². The Morgan fingerprint density at radius 3 is 2.08 bits per heavy atom. The SMILES string of the molecule is CO[P+]1([O-])OC[C@@H](OCc2ccccc2)[C@H](OCc2ccccc2)[C@@H]1O. The first-order chi connectivity index (χ1) is 12.6. The van der Waals surface area contributed by atoms with Gasteiger partial charge in [-0.05, 0) is 11.1 Å². The van der Waals surface area contributed by atoms with Crippen LogP contribution in [0.2, 0.25) is 0 Å². The molecule has 4 atom stereocenters. The number of aliphatic hydroxyl groups excluding tert-OH is 1. The Balaban J connectivity index is 1.68. The van der Waals surface area contributed by atoms with Crippen LogP contribution in [-0.4, -0.2) is 36.9 Å². The molecule has 26 heavy (non-hydrogen) atoms. The fraction of sp³-hybridized carbons (Fsp3) is 0.368. The van der Waals surface area contributed by atoms with Gasteiger partial charge in [-0.3, -0.25) is 0 Å². The highest BCUT2D eigenvalue weighted by Gasteiger charge is 2.53. The van der Waals surface area contributed by atoms with E-state index in [1.54, 1.807) is 0 Å². The molecule has 1 aliphatic rings. The van der Waals surface area contributed by atoms with Crippen molar-refractivity contribution < 1.29 is 28.5 Å². The molecule has 6 nitrogen and oxygen atoms in total. The second-order valence-corrected chi connectivity index (χ2v) is 8.26. The molecule has 1 saturated heterocycles. The number of benzene rings is 2. The average molecular weight is 378 g/mol. The van der Waals surface area contributed by atoms with Crippen LogP contribution in [0.1, 0.15) is 11.1 Å². The van der Waals surface area contributed by atoms with Crippen LogP contribution >= 0.6 is 7.94 Å². The average Bonchev–Trinajstić information content (AvgIpc) is 2.70. The van der Waals surface area contributed by atoms with E-state index in [1.807, 2.05) is 60.7 Å². The van der Waals surface area contributed by atoms with Gasteiger partial charge >= 0.3 is 0 Å². The molecule has 1 unspecified atom stereocenters. The Morgan fingerprint density at radius 2 is 1.54 bits per heavy atom. The van der Waals surface area contributed by atoms with Gasteiger partial charge in [0.25, 0.3) is 7.94 Å². The third-order valence-corrected chi connectivity index (χ3v) is 6.21. The third kappa shape index (κ3) is 4.67. The first-order valence-electron chi connectivity index (χ1n) is 8.41. The van der Waals surface area contributed by atoms with Gasteiger partial charge in [0.2, 0.25) is 5.85 Å². The van der Waals surface area contributed by atoms with Crippen molar-refractivity contribution in [1.82, 2.24) is 0 Å². The number of rotatable bonds is 7. The van der Waals surface area contributed by atoms with Crippen LogP contribution in [0.15, 0.2) is 60.7 Å². The number of aliphatic hydroxyl groups is 1. The van der Waals surface area contributed by atoms with E-state index in [9.17, 15) is 10.00 Å². The second kappa shape index (κ2) is 9.02. The molecule has 1 N–H and O–H groups in total. The van der Waals surface area contributed by atoms with E-state index in [1.165, 1.54) is 7.11 Å². The summed E-state index contributed by atoms with van der Waals surface area (Å²) in [6.45, 7) is 0.621. The first-order valence-corrected chi connectivity index (χ1v) is 10.0. The minimum atomic E-state index is -3.65. The summed E-state index contributed by atoms with van der Waals surface area (Å²) in [6.07, 6.45) is -1.38. The van der Waals surface area contributed by atoms with Crippen molar-refractivity contribution in [2.24, 2.45) is 0 Å². The van der Waals surface area contributed by atoms with E-state index in [0.29, 0.717) is 6.61 Å². The summed E-state index contributed by atoms with van der Waals surface area (Å²) in [6, 6.07) is 19.2. The Bertz CT molecular complexity index is 670. The minimum absolute atomic E-state index is 0.0223. The largest absolute Gasteiger partial charge is 0.629 e. The minimum Gasteiger partial charge on any atom is -0.629 e. The van der Waals surface area contributed by atoms with Crippen molar-refractivity contribution in [2.45, 2.75) is 31.3 Å². The van der Waals surface area contributed by atoms with Crippen molar-refractivity contribution in [3.05, 3.63) is 71.8 Å².